The summed E-state index contributed by atoms with van der Waals surface area (Å²) in [7, 11) is 0. The van der Waals surface area contributed by atoms with Crippen molar-refractivity contribution < 1.29 is 9.53 Å². The average molecular weight is 404 g/mol. The summed E-state index contributed by atoms with van der Waals surface area (Å²) in [5, 5.41) is 12.3. The van der Waals surface area contributed by atoms with E-state index in [0.29, 0.717) is 12.3 Å². The van der Waals surface area contributed by atoms with Gasteiger partial charge in [-0.15, -0.1) is 0 Å². The second-order valence-electron chi connectivity index (χ2n) is 7.49. The summed E-state index contributed by atoms with van der Waals surface area (Å²) >= 11 is 0. The summed E-state index contributed by atoms with van der Waals surface area (Å²) in [6.45, 7) is 4.97. The average Bonchev–Trinajstić information content (AvgIpc) is 2.79. The van der Waals surface area contributed by atoms with Gasteiger partial charge in [0.25, 0.3) is 5.91 Å². The van der Waals surface area contributed by atoms with E-state index in [1.807, 2.05) is 54.6 Å². The lowest BCUT2D eigenvalue weighted by molar-refractivity contribution is -0.112. The number of rotatable bonds is 8. The topological polar surface area (TPSA) is 65.4 Å². The van der Waals surface area contributed by atoms with Crippen LogP contribution in [0.15, 0.2) is 54.1 Å². The molecule has 2 aromatic rings. The molecule has 1 fully saturated rings. The van der Waals surface area contributed by atoms with Gasteiger partial charge in [0.1, 0.15) is 17.4 Å². The Kier molecular flexibility index (Phi) is 7.91. The van der Waals surface area contributed by atoms with Crippen LogP contribution >= 0.6 is 0 Å². The molecule has 1 saturated heterocycles. The van der Waals surface area contributed by atoms with Gasteiger partial charge in [0, 0.05) is 24.5 Å². The number of carbonyl (C=O) groups is 1. The molecule has 1 amide bonds. The summed E-state index contributed by atoms with van der Waals surface area (Å²) in [4.78, 5) is 14.9. The van der Waals surface area contributed by atoms with Crippen LogP contribution in [0.5, 0.6) is 5.75 Å². The van der Waals surface area contributed by atoms with E-state index >= 15 is 0 Å². The first-order chi connectivity index (χ1) is 14.7. The lowest BCUT2D eigenvalue weighted by Gasteiger charge is -2.28. The lowest BCUT2D eigenvalue weighted by atomic mass is 10.1. The lowest BCUT2D eigenvalue weighted by Crippen LogP contribution is -2.29. The van der Waals surface area contributed by atoms with Gasteiger partial charge in [-0.25, -0.2) is 0 Å². The van der Waals surface area contributed by atoms with E-state index in [2.05, 4.69) is 17.1 Å². The third-order valence-electron chi connectivity index (χ3n) is 5.17. The standard InChI is InChI=1S/C25H29N3O2/c1-2-3-17-30-24-13-7-20(8-14-24)18-21(19-26)25(29)27-22-9-11-23(12-10-22)28-15-5-4-6-16-28/h7-14,18H,2-6,15-17H2,1H3,(H,27,29)/b21-18+. The molecule has 0 radical (unpaired) electrons. The largest absolute Gasteiger partial charge is 0.494 e. The molecule has 1 aliphatic heterocycles. The Morgan fingerprint density at radius 2 is 1.80 bits per heavy atom. The molecule has 3 rings (SSSR count). The third-order valence-corrected chi connectivity index (χ3v) is 5.17. The van der Waals surface area contributed by atoms with Crippen molar-refractivity contribution in [3.8, 4) is 11.8 Å². The molecule has 0 unspecified atom stereocenters. The van der Waals surface area contributed by atoms with Gasteiger partial charge in [-0.3, -0.25) is 4.79 Å². The Bertz CT molecular complexity index is 889. The Labute approximate surface area is 179 Å². The summed E-state index contributed by atoms with van der Waals surface area (Å²) in [5.41, 5.74) is 2.70. The van der Waals surface area contributed by atoms with Gasteiger partial charge in [0.05, 0.1) is 6.61 Å². The zero-order chi connectivity index (χ0) is 21.2. The van der Waals surface area contributed by atoms with E-state index in [1.165, 1.54) is 24.9 Å². The van der Waals surface area contributed by atoms with Crippen LogP contribution in [0.3, 0.4) is 0 Å². The zero-order valence-corrected chi connectivity index (χ0v) is 17.6. The SMILES string of the molecule is CCCCOc1ccc(/C=C(\C#N)C(=O)Nc2ccc(N3CCCCC3)cc2)cc1. The van der Waals surface area contributed by atoms with Crippen molar-refractivity contribution in [2.45, 2.75) is 39.0 Å². The number of nitrogens with one attached hydrogen (secondary N) is 1. The van der Waals surface area contributed by atoms with E-state index in [-0.39, 0.29) is 5.57 Å². The maximum absolute atomic E-state index is 12.5. The Morgan fingerprint density at radius 3 is 2.43 bits per heavy atom. The van der Waals surface area contributed by atoms with Crippen LogP contribution in [-0.4, -0.2) is 25.6 Å². The van der Waals surface area contributed by atoms with Gasteiger partial charge >= 0.3 is 0 Å². The van der Waals surface area contributed by atoms with Gasteiger partial charge < -0.3 is 15.0 Å². The summed E-state index contributed by atoms with van der Waals surface area (Å²) in [6.07, 6.45) is 7.43. The minimum atomic E-state index is -0.411. The molecule has 1 heterocycles. The van der Waals surface area contributed by atoms with Crippen LogP contribution in [0.1, 0.15) is 44.6 Å². The highest BCUT2D eigenvalue weighted by Gasteiger charge is 2.12. The van der Waals surface area contributed by atoms with Crippen molar-refractivity contribution in [3.63, 3.8) is 0 Å². The summed E-state index contributed by atoms with van der Waals surface area (Å²) in [5.74, 6) is 0.379. The fourth-order valence-electron chi connectivity index (χ4n) is 3.42. The van der Waals surface area contributed by atoms with Gasteiger partial charge in [0.2, 0.25) is 0 Å². The molecule has 30 heavy (non-hydrogen) atoms. The highest BCUT2D eigenvalue weighted by atomic mass is 16.5. The minimum absolute atomic E-state index is 0.0646. The number of amides is 1. The number of nitriles is 1. The van der Waals surface area contributed by atoms with Crippen LogP contribution in [-0.2, 0) is 4.79 Å². The molecule has 0 atom stereocenters. The van der Waals surface area contributed by atoms with Gasteiger partial charge in [-0.1, -0.05) is 25.5 Å². The summed E-state index contributed by atoms with van der Waals surface area (Å²) < 4.78 is 5.64. The molecule has 1 aliphatic rings. The molecule has 2 aromatic carbocycles. The normalized spacial score (nSPS) is 14.1. The molecule has 1 N–H and O–H groups in total. The van der Waals surface area contributed by atoms with Crippen LogP contribution in [0.25, 0.3) is 6.08 Å². The van der Waals surface area contributed by atoms with Crippen molar-refractivity contribution in [2.75, 3.05) is 29.9 Å². The van der Waals surface area contributed by atoms with Crippen molar-refractivity contribution in [2.24, 2.45) is 0 Å². The van der Waals surface area contributed by atoms with Gasteiger partial charge in [-0.05, 0) is 73.7 Å². The number of hydrogen-bond acceptors (Lipinski definition) is 4. The predicted molar refractivity (Wildman–Crippen MR) is 122 cm³/mol. The number of benzene rings is 2. The van der Waals surface area contributed by atoms with Crippen molar-refractivity contribution in [1.82, 2.24) is 0 Å². The molecule has 156 valence electrons. The Hall–Kier alpha value is -3.26. The molecule has 0 bridgehead atoms. The smallest absolute Gasteiger partial charge is 0.266 e. The first-order valence-electron chi connectivity index (χ1n) is 10.7. The van der Waals surface area contributed by atoms with E-state index in [0.717, 1.165) is 37.2 Å². The zero-order valence-electron chi connectivity index (χ0n) is 17.6. The minimum Gasteiger partial charge on any atom is -0.494 e. The molecule has 0 spiro atoms. The molecular weight excluding hydrogens is 374 g/mol. The maximum atomic E-state index is 12.5. The first-order valence-corrected chi connectivity index (χ1v) is 10.7. The molecule has 5 heteroatoms. The quantitative estimate of drug-likeness (QED) is 0.364. The Morgan fingerprint density at radius 1 is 1.10 bits per heavy atom. The number of carbonyl (C=O) groups excluding carboxylic acids is 1. The number of nitrogens with zero attached hydrogens (tertiary/aromatic N) is 2. The molecule has 0 aliphatic carbocycles. The fourth-order valence-corrected chi connectivity index (χ4v) is 3.42. The molecule has 5 nitrogen and oxygen atoms in total. The molecule has 0 saturated carbocycles. The first kappa shape index (κ1) is 21.4. The monoisotopic (exact) mass is 403 g/mol. The Balaban J connectivity index is 1.60. The van der Waals surface area contributed by atoms with E-state index in [9.17, 15) is 10.1 Å². The summed E-state index contributed by atoms with van der Waals surface area (Å²) in [6, 6.07) is 17.2. The van der Waals surface area contributed by atoms with Crippen molar-refractivity contribution in [1.29, 1.82) is 5.26 Å². The van der Waals surface area contributed by atoms with E-state index < -0.39 is 5.91 Å². The van der Waals surface area contributed by atoms with Crippen LogP contribution in [0.4, 0.5) is 11.4 Å². The highest BCUT2D eigenvalue weighted by Crippen LogP contribution is 2.22. The van der Waals surface area contributed by atoms with Gasteiger partial charge in [-0.2, -0.15) is 5.26 Å². The second kappa shape index (κ2) is 11.1. The van der Waals surface area contributed by atoms with E-state index in [1.54, 1.807) is 6.08 Å². The van der Waals surface area contributed by atoms with E-state index in [4.69, 9.17) is 4.74 Å². The molecular formula is C25H29N3O2. The van der Waals surface area contributed by atoms with Gasteiger partial charge in [0.15, 0.2) is 0 Å². The fraction of sp³-hybridized carbons (Fsp3) is 0.360. The number of ether oxygens (including phenoxy) is 1. The number of anilines is 2. The maximum Gasteiger partial charge on any atom is 0.266 e. The third kappa shape index (κ3) is 6.12. The predicted octanol–water partition coefficient (Wildman–Crippen LogP) is 5.40. The number of hydrogen-bond donors (Lipinski definition) is 1. The number of unbranched alkanes of at least 4 members (excludes halogenated alkanes) is 1. The second-order valence-corrected chi connectivity index (χ2v) is 7.49. The number of piperidine rings is 1. The molecule has 0 aromatic heterocycles. The van der Waals surface area contributed by atoms with Crippen LogP contribution in [0.2, 0.25) is 0 Å². The van der Waals surface area contributed by atoms with Crippen LogP contribution in [0, 0.1) is 11.3 Å². The highest BCUT2D eigenvalue weighted by molar-refractivity contribution is 6.09. The van der Waals surface area contributed by atoms with Crippen molar-refractivity contribution >= 4 is 23.4 Å². The van der Waals surface area contributed by atoms with Crippen molar-refractivity contribution in [3.05, 3.63) is 59.7 Å². The van der Waals surface area contributed by atoms with Crippen LogP contribution < -0.4 is 15.0 Å².